The van der Waals surface area contributed by atoms with Crippen LogP contribution in [0.1, 0.15) is 33.6 Å². The molecule has 3 aliphatic rings. The number of allylic oxidation sites excluding steroid dienone is 5. The fraction of sp³-hybridized carbons (Fsp3) is 0.346. The molecule has 0 radical (unpaired) electrons. The lowest BCUT2D eigenvalue weighted by atomic mass is 9.87. The minimum atomic E-state index is -0.290. The summed E-state index contributed by atoms with van der Waals surface area (Å²) in [4.78, 5) is 16.8. The molecule has 0 saturated carbocycles. The summed E-state index contributed by atoms with van der Waals surface area (Å²) < 4.78 is 5.58. The first-order chi connectivity index (χ1) is 15.2. The summed E-state index contributed by atoms with van der Waals surface area (Å²) in [5.74, 6) is 0. The van der Waals surface area contributed by atoms with Crippen molar-refractivity contribution < 1.29 is 9.53 Å². The molecule has 5 nitrogen and oxygen atoms in total. The highest BCUT2D eigenvalue weighted by Crippen LogP contribution is 2.45. The number of ether oxygens (including phenoxy) is 1. The minimum Gasteiger partial charge on any atom is -0.445 e. The Morgan fingerprint density at radius 3 is 2.90 bits per heavy atom. The Hall–Kier alpha value is -3.21. The maximum absolute atomic E-state index is 12.7. The molecule has 4 rings (SSSR count). The third-order valence-corrected chi connectivity index (χ3v) is 5.59. The zero-order valence-corrected chi connectivity index (χ0v) is 18.8. The van der Waals surface area contributed by atoms with Crippen molar-refractivity contribution in [2.24, 2.45) is 0 Å². The van der Waals surface area contributed by atoms with Crippen LogP contribution in [-0.2, 0) is 4.74 Å². The topological polar surface area (TPSA) is 44.8 Å². The van der Waals surface area contributed by atoms with E-state index >= 15 is 0 Å². The smallest absolute Gasteiger partial charge is 0.410 e. The summed E-state index contributed by atoms with van der Waals surface area (Å²) in [6, 6.07) is 8.31. The van der Waals surface area contributed by atoms with E-state index in [0.717, 1.165) is 29.8 Å². The first-order valence-electron chi connectivity index (χ1n) is 11.1. The van der Waals surface area contributed by atoms with Gasteiger partial charge in [-0.25, -0.2) is 4.79 Å². The van der Waals surface area contributed by atoms with E-state index < -0.39 is 0 Å². The van der Waals surface area contributed by atoms with E-state index in [9.17, 15) is 4.79 Å². The summed E-state index contributed by atoms with van der Waals surface area (Å²) in [6.07, 6.45) is 15.4. The van der Waals surface area contributed by atoms with Crippen molar-refractivity contribution in [3.8, 4) is 0 Å². The lowest BCUT2D eigenvalue weighted by Crippen LogP contribution is -2.51. The largest absolute Gasteiger partial charge is 0.445 e. The van der Waals surface area contributed by atoms with Gasteiger partial charge in [0.15, 0.2) is 0 Å². The summed E-state index contributed by atoms with van der Waals surface area (Å²) in [5.41, 5.74) is 4.08. The van der Waals surface area contributed by atoms with Crippen molar-refractivity contribution in [2.75, 3.05) is 29.9 Å². The molecule has 1 amide bonds. The van der Waals surface area contributed by atoms with E-state index in [4.69, 9.17) is 4.74 Å². The van der Waals surface area contributed by atoms with Gasteiger partial charge in [0.2, 0.25) is 0 Å². The molecule has 1 aromatic rings. The molecule has 164 valence electrons. The van der Waals surface area contributed by atoms with Gasteiger partial charge in [0.1, 0.15) is 6.61 Å². The molecule has 1 unspecified atom stereocenters. The Labute approximate surface area is 186 Å². The van der Waals surface area contributed by atoms with Crippen molar-refractivity contribution in [2.45, 2.75) is 39.2 Å². The Bertz CT molecular complexity index is 928. The number of carbonyl (C=O) groups is 1. The highest BCUT2D eigenvalue weighted by atomic mass is 16.6. The van der Waals surface area contributed by atoms with E-state index in [1.165, 1.54) is 5.70 Å². The number of likely N-dealkylation sites (tertiary alicyclic amines) is 1. The molecule has 3 heterocycles. The number of rotatable bonds is 4. The number of anilines is 2. The molecule has 1 aromatic carbocycles. The predicted octanol–water partition coefficient (Wildman–Crippen LogP) is 6.02. The number of carbonyl (C=O) groups excluding carboxylic acids is 1. The number of hydrogen-bond acceptors (Lipinski definition) is 4. The van der Waals surface area contributed by atoms with Crippen LogP contribution < -0.4 is 10.2 Å². The molecule has 0 bridgehead atoms. The van der Waals surface area contributed by atoms with Crippen LogP contribution in [-0.4, -0.2) is 36.2 Å². The summed E-state index contributed by atoms with van der Waals surface area (Å²) in [7, 11) is 0. The zero-order chi connectivity index (χ0) is 22.3. The lowest BCUT2D eigenvalue weighted by molar-refractivity contribution is 0.118. The second-order valence-electron chi connectivity index (χ2n) is 7.51. The first kappa shape index (κ1) is 22.5. The second kappa shape index (κ2) is 10.2. The third kappa shape index (κ3) is 4.61. The van der Waals surface area contributed by atoms with Crippen LogP contribution in [0.2, 0.25) is 0 Å². The summed E-state index contributed by atoms with van der Waals surface area (Å²) in [6.45, 7) is 11.1. The number of hydrogen-bond donors (Lipinski definition) is 1. The molecular weight excluding hydrogens is 386 g/mol. The molecule has 0 aromatic heterocycles. The van der Waals surface area contributed by atoms with Crippen LogP contribution in [0.15, 0.2) is 84.8 Å². The van der Waals surface area contributed by atoms with E-state index in [0.29, 0.717) is 13.1 Å². The quantitative estimate of drug-likeness (QED) is 0.607. The van der Waals surface area contributed by atoms with Crippen LogP contribution in [0.4, 0.5) is 16.2 Å². The number of fused-ring (bicyclic) bond motifs is 4. The predicted molar refractivity (Wildman–Crippen MR) is 129 cm³/mol. The standard InChI is InChI=1S/C24H27N3O2.C2H6/c1-3-9-19(10-4-2)17-29-23(28)26-16-14-24(18-26)22-13-7-8-15-27(22)21-12-6-5-11-20(21)25-24;1-2/h3-6,8-13,15,25H,1,7,14,16-18H2,2H3;1-2H3/b10-4-,19-9+;. The van der Waals surface area contributed by atoms with Crippen molar-refractivity contribution in [3.63, 3.8) is 0 Å². The van der Waals surface area contributed by atoms with E-state index in [-0.39, 0.29) is 18.2 Å². The van der Waals surface area contributed by atoms with Crippen LogP contribution in [0.25, 0.3) is 0 Å². The maximum atomic E-state index is 12.7. The SMILES string of the molecule is C=C/C=C(\C=C/C)COC(=O)N1CCC2(C1)Nc1ccccc1N1C=CCC=C12.CC. The van der Waals surface area contributed by atoms with Crippen molar-refractivity contribution in [3.05, 3.63) is 84.8 Å². The molecule has 1 spiro atoms. The highest BCUT2D eigenvalue weighted by Gasteiger charge is 2.48. The van der Waals surface area contributed by atoms with Gasteiger partial charge in [0.25, 0.3) is 0 Å². The zero-order valence-electron chi connectivity index (χ0n) is 18.8. The van der Waals surface area contributed by atoms with Gasteiger partial charge in [0, 0.05) is 18.4 Å². The van der Waals surface area contributed by atoms with Crippen LogP contribution in [0.3, 0.4) is 0 Å². The minimum absolute atomic E-state index is 0.243. The Morgan fingerprint density at radius 1 is 1.32 bits per heavy atom. The molecule has 1 saturated heterocycles. The summed E-state index contributed by atoms with van der Waals surface area (Å²) in [5, 5.41) is 3.73. The number of nitrogens with zero attached hydrogens (tertiary/aromatic N) is 2. The van der Waals surface area contributed by atoms with Crippen molar-refractivity contribution in [1.29, 1.82) is 0 Å². The number of benzene rings is 1. The Morgan fingerprint density at radius 2 is 2.13 bits per heavy atom. The number of para-hydroxylation sites is 2. The molecule has 1 fully saturated rings. The molecular formula is C26H33N3O2. The van der Waals surface area contributed by atoms with Crippen molar-refractivity contribution >= 4 is 17.5 Å². The van der Waals surface area contributed by atoms with Gasteiger partial charge < -0.3 is 19.9 Å². The third-order valence-electron chi connectivity index (χ3n) is 5.59. The number of amides is 1. The number of nitrogens with one attached hydrogen (secondary N) is 1. The van der Waals surface area contributed by atoms with Gasteiger partial charge in [-0.15, -0.1) is 0 Å². The van der Waals surface area contributed by atoms with Gasteiger partial charge >= 0.3 is 6.09 Å². The molecule has 3 aliphatic heterocycles. The Balaban J connectivity index is 0.00000132. The van der Waals surface area contributed by atoms with Crippen LogP contribution >= 0.6 is 0 Å². The Kier molecular flexibility index (Phi) is 7.40. The fourth-order valence-electron chi connectivity index (χ4n) is 4.30. The van der Waals surface area contributed by atoms with Crippen LogP contribution in [0.5, 0.6) is 0 Å². The molecule has 1 atom stereocenters. The molecule has 31 heavy (non-hydrogen) atoms. The average molecular weight is 420 g/mol. The highest BCUT2D eigenvalue weighted by molar-refractivity contribution is 5.81. The average Bonchev–Trinajstić information content (AvgIpc) is 3.24. The van der Waals surface area contributed by atoms with Crippen LogP contribution in [0, 0.1) is 0 Å². The normalized spacial score (nSPS) is 21.6. The van der Waals surface area contributed by atoms with Gasteiger partial charge in [-0.1, -0.05) is 69.0 Å². The van der Waals surface area contributed by atoms with Gasteiger partial charge in [-0.05, 0) is 37.5 Å². The lowest BCUT2D eigenvalue weighted by Gasteiger charge is -2.45. The van der Waals surface area contributed by atoms with Gasteiger partial charge in [-0.2, -0.15) is 0 Å². The first-order valence-corrected chi connectivity index (χ1v) is 11.1. The summed E-state index contributed by atoms with van der Waals surface area (Å²) >= 11 is 0. The van der Waals surface area contributed by atoms with E-state index in [1.54, 1.807) is 11.0 Å². The monoisotopic (exact) mass is 419 g/mol. The fourth-order valence-corrected chi connectivity index (χ4v) is 4.30. The van der Waals surface area contributed by atoms with E-state index in [1.807, 2.05) is 45.1 Å². The van der Waals surface area contributed by atoms with Crippen molar-refractivity contribution in [1.82, 2.24) is 4.90 Å². The molecule has 1 N–H and O–H groups in total. The maximum Gasteiger partial charge on any atom is 0.410 e. The van der Waals surface area contributed by atoms with Gasteiger partial charge in [0.05, 0.1) is 23.5 Å². The van der Waals surface area contributed by atoms with E-state index in [2.05, 4.69) is 53.3 Å². The second-order valence-corrected chi connectivity index (χ2v) is 7.51. The van der Waals surface area contributed by atoms with Gasteiger partial charge in [-0.3, -0.25) is 0 Å². The molecule has 5 heteroatoms. The molecule has 0 aliphatic carbocycles.